The van der Waals surface area contributed by atoms with E-state index >= 15 is 0 Å². The van der Waals surface area contributed by atoms with E-state index in [0.29, 0.717) is 28.6 Å². The number of aldehydes is 1. The predicted octanol–water partition coefficient (Wildman–Crippen LogP) is 4.33. The molecule has 0 aliphatic heterocycles. The number of methoxy groups -OCH3 is 3. The van der Waals surface area contributed by atoms with E-state index in [2.05, 4.69) is 10.3 Å². The summed E-state index contributed by atoms with van der Waals surface area (Å²) in [7, 11) is 4.70. The Bertz CT molecular complexity index is 914. The number of ether oxygens (including phenoxy) is 3. The molecule has 0 saturated carbocycles. The minimum atomic E-state index is 0.531. The molecule has 0 aliphatic carbocycles. The number of nitrogens with one attached hydrogen (secondary N) is 1. The lowest BCUT2D eigenvalue weighted by molar-refractivity contribution is 0.112. The van der Waals surface area contributed by atoms with E-state index in [1.165, 1.54) is 0 Å². The van der Waals surface area contributed by atoms with E-state index in [9.17, 15) is 4.79 Å². The number of carbonyl (C=O) groups is 1. The van der Waals surface area contributed by atoms with Gasteiger partial charge in [-0.2, -0.15) is 0 Å². The van der Waals surface area contributed by atoms with Crippen LogP contribution in [0.5, 0.6) is 17.2 Å². The normalized spacial score (nSPS) is 10.2. The monoisotopic (exact) mass is 364 g/mol. The summed E-state index contributed by atoms with van der Waals surface area (Å²) in [6.45, 7) is 0. The van der Waals surface area contributed by atoms with Gasteiger partial charge in [0.1, 0.15) is 12.1 Å². The first-order valence-corrected chi connectivity index (χ1v) is 8.27. The molecule has 138 valence electrons. The van der Waals surface area contributed by atoms with E-state index in [-0.39, 0.29) is 0 Å². The summed E-state index contributed by atoms with van der Waals surface area (Å²) in [6.07, 6.45) is 2.58. The van der Waals surface area contributed by atoms with Gasteiger partial charge < -0.3 is 19.5 Å². The molecule has 0 amide bonds. The second-order valence-corrected chi connectivity index (χ2v) is 5.71. The topological polar surface area (TPSA) is 69.7 Å². The number of hydrogen-bond donors (Lipinski definition) is 1. The van der Waals surface area contributed by atoms with Crippen LogP contribution in [0.2, 0.25) is 0 Å². The lowest BCUT2D eigenvalue weighted by atomic mass is 10.1. The molecule has 1 aromatic heterocycles. The number of nitrogens with zero attached hydrogens (tertiary/aromatic N) is 1. The van der Waals surface area contributed by atoms with Crippen molar-refractivity contribution in [1.29, 1.82) is 0 Å². The number of aromatic nitrogens is 1. The molecule has 27 heavy (non-hydrogen) atoms. The van der Waals surface area contributed by atoms with Crippen LogP contribution in [0, 0.1) is 0 Å². The minimum Gasteiger partial charge on any atom is -0.493 e. The van der Waals surface area contributed by atoms with Crippen molar-refractivity contribution in [1.82, 2.24) is 4.98 Å². The van der Waals surface area contributed by atoms with Gasteiger partial charge in [-0.25, -0.2) is 4.98 Å². The first-order chi connectivity index (χ1) is 13.2. The van der Waals surface area contributed by atoms with Crippen molar-refractivity contribution in [3.8, 4) is 28.4 Å². The van der Waals surface area contributed by atoms with Gasteiger partial charge in [0.05, 0.1) is 21.3 Å². The van der Waals surface area contributed by atoms with Crippen LogP contribution >= 0.6 is 0 Å². The van der Waals surface area contributed by atoms with Crippen LogP contribution in [0.3, 0.4) is 0 Å². The molecule has 1 N–H and O–H groups in total. The highest BCUT2D eigenvalue weighted by atomic mass is 16.5. The second kappa shape index (κ2) is 8.23. The molecule has 0 aliphatic rings. The Morgan fingerprint density at radius 1 is 0.889 bits per heavy atom. The molecule has 0 bridgehead atoms. The standard InChI is InChI=1S/C21H20N2O4/c1-25-18-10-17(11-19(26-2)21(18)27-3)23-20-8-7-16(12-22-20)15-6-4-5-14(9-15)13-24/h4-13H,1-3H3,(H,22,23). The van der Waals surface area contributed by atoms with Crippen molar-refractivity contribution in [2.45, 2.75) is 0 Å². The summed E-state index contributed by atoms with van der Waals surface area (Å²) in [5, 5.41) is 3.22. The molecule has 0 atom stereocenters. The van der Waals surface area contributed by atoms with Gasteiger partial charge in [0.15, 0.2) is 11.5 Å². The third-order valence-electron chi connectivity index (χ3n) is 4.06. The van der Waals surface area contributed by atoms with E-state index in [4.69, 9.17) is 14.2 Å². The van der Waals surface area contributed by atoms with Gasteiger partial charge in [0.25, 0.3) is 0 Å². The molecule has 0 fully saturated rings. The van der Waals surface area contributed by atoms with Gasteiger partial charge in [-0.3, -0.25) is 4.79 Å². The van der Waals surface area contributed by atoms with Gasteiger partial charge in [0, 0.05) is 35.1 Å². The Morgan fingerprint density at radius 3 is 2.19 bits per heavy atom. The van der Waals surface area contributed by atoms with Crippen molar-refractivity contribution in [3.63, 3.8) is 0 Å². The first-order valence-electron chi connectivity index (χ1n) is 8.27. The Morgan fingerprint density at radius 2 is 1.63 bits per heavy atom. The van der Waals surface area contributed by atoms with Crippen LogP contribution in [-0.4, -0.2) is 32.6 Å². The van der Waals surface area contributed by atoms with Gasteiger partial charge in [-0.15, -0.1) is 0 Å². The molecule has 6 nitrogen and oxygen atoms in total. The van der Waals surface area contributed by atoms with Crippen molar-refractivity contribution < 1.29 is 19.0 Å². The van der Waals surface area contributed by atoms with E-state index < -0.39 is 0 Å². The number of anilines is 2. The quantitative estimate of drug-likeness (QED) is 0.629. The van der Waals surface area contributed by atoms with Crippen LogP contribution < -0.4 is 19.5 Å². The second-order valence-electron chi connectivity index (χ2n) is 5.71. The highest BCUT2D eigenvalue weighted by molar-refractivity contribution is 5.79. The zero-order valence-corrected chi connectivity index (χ0v) is 15.4. The summed E-state index contributed by atoms with van der Waals surface area (Å²) < 4.78 is 16.1. The van der Waals surface area contributed by atoms with Crippen molar-refractivity contribution in [3.05, 3.63) is 60.3 Å². The molecule has 2 aromatic carbocycles. The molecule has 0 spiro atoms. The van der Waals surface area contributed by atoms with Crippen molar-refractivity contribution in [2.24, 2.45) is 0 Å². The summed E-state index contributed by atoms with van der Waals surface area (Å²) >= 11 is 0. The molecule has 3 rings (SSSR count). The van der Waals surface area contributed by atoms with Crippen LogP contribution in [-0.2, 0) is 0 Å². The zero-order chi connectivity index (χ0) is 19.2. The van der Waals surface area contributed by atoms with E-state index in [1.807, 2.05) is 42.5 Å². The Kier molecular flexibility index (Phi) is 5.56. The number of rotatable bonds is 7. The maximum absolute atomic E-state index is 10.9. The minimum absolute atomic E-state index is 0.531. The molecular formula is C21H20N2O4. The van der Waals surface area contributed by atoms with Crippen molar-refractivity contribution in [2.75, 3.05) is 26.6 Å². The molecule has 0 unspecified atom stereocenters. The molecular weight excluding hydrogens is 344 g/mol. The Balaban J connectivity index is 1.85. The SMILES string of the molecule is COc1cc(Nc2ccc(-c3cccc(C=O)c3)cn2)cc(OC)c1OC. The van der Waals surface area contributed by atoms with Crippen LogP contribution in [0.15, 0.2) is 54.7 Å². The van der Waals surface area contributed by atoms with Crippen LogP contribution in [0.4, 0.5) is 11.5 Å². The summed E-state index contributed by atoms with van der Waals surface area (Å²) in [6, 6.07) is 14.8. The fraction of sp³-hybridized carbons (Fsp3) is 0.143. The number of hydrogen-bond acceptors (Lipinski definition) is 6. The highest BCUT2D eigenvalue weighted by Gasteiger charge is 2.13. The van der Waals surface area contributed by atoms with Crippen LogP contribution in [0.25, 0.3) is 11.1 Å². The molecule has 1 heterocycles. The lowest BCUT2D eigenvalue weighted by Crippen LogP contribution is -1.98. The Hall–Kier alpha value is -3.54. The third kappa shape index (κ3) is 4.00. The van der Waals surface area contributed by atoms with Gasteiger partial charge in [-0.05, 0) is 23.8 Å². The largest absolute Gasteiger partial charge is 0.493 e. The summed E-state index contributed by atoms with van der Waals surface area (Å²) in [5.74, 6) is 2.31. The number of carbonyl (C=O) groups excluding carboxylic acids is 1. The summed E-state index contributed by atoms with van der Waals surface area (Å²) in [4.78, 5) is 15.4. The fourth-order valence-corrected chi connectivity index (χ4v) is 2.73. The van der Waals surface area contributed by atoms with Gasteiger partial charge >= 0.3 is 0 Å². The van der Waals surface area contributed by atoms with Gasteiger partial charge in [-0.1, -0.05) is 18.2 Å². The maximum Gasteiger partial charge on any atom is 0.203 e. The Labute approximate surface area is 157 Å². The van der Waals surface area contributed by atoms with E-state index in [1.54, 1.807) is 33.6 Å². The molecule has 3 aromatic rings. The lowest BCUT2D eigenvalue weighted by Gasteiger charge is -2.15. The van der Waals surface area contributed by atoms with Crippen molar-refractivity contribution >= 4 is 17.8 Å². The zero-order valence-electron chi connectivity index (χ0n) is 15.4. The molecule has 0 radical (unpaired) electrons. The van der Waals surface area contributed by atoms with Gasteiger partial charge in [0.2, 0.25) is 5.75 Å². The summed E-state index contributed by atoms with van der Waals surface area (Å²) in [5.41, 5.74) is 3.25. The fourth-order valence-electron chi connectivity index (χ4n) is 2.73. The number of pyridine rings is 1. The average Bonchev–Trinajstić information content (AvgIpc) is 2.73. The maximum atomic E-state index is 10.9. The van der Waals surface area contributed by atoms with E-state index in [0.717, 1.165) is 23.1 Å². The smallest absolute Gasteiger partial charge is 0.203 e. The third-order valence-corrected chi connectivity index (χ3v) is 4.06. The highest BCUT2D eigenvalue weighted by Crippen LogP contribution is 2.40. The predicted molar refractivity (Wildman–Crippen MR) is 104 cm³/mol. The first kappa shape index (κ1) is 18.3. The molecule has 0 saturated heterocycles. The average molecular weight is 364 g/mol. The molecule has 6 heteroatoms. The number of benzene rings is 2. The van der Waals surface area contributed by atoms with Crippen LogP contribution in [0.1, 0.15) is 10.4 Å².